The average Bonchev–Trinajstić information content (AvgIpc) is 3.38. The fourth-order valence-corrected chi connectivity index (χ4v) is 4.48. The van der Waals surface area contributed by atoms with Crippen molar-refractivity contribution in [3.8, 4) is 0 Å². The summed E-state index contributed by atoms with van der Waals surface area (Å²) in [6.45, 7) is 1.46. The summed E-state index contributed by atoms with van der Waals surface area (Å²) in [4.78, 5) is 38.7. The molecule has 1 fully saturated rings. The van der Waals surface area contributed by atoms with E-state index in [1.54, 1.807) is 60.8 Å². The minimum atomic E-state index is -1.23. The van der Waals surface area contributed by atoms with Gasteiger partial charge in [-0.25, -0.2) is 4.39 Å². The lowest BCUT2D eigenvalue weighted by Gasteiger charge is -2.25. The molecule has 8 heteroatoms. The Bertz CT molecular complexity index is 1290. The number of halogens is 1. The first-order valence-electron chi connectivity index (χ1n) is 11.3. The van der Waals surface area contributed by atoms with E-state index in [1.165, 1.54) is 11.0 Å². The van der Waals surface area contributed by atoms with Gasteiger partial charge in [0.2, 0.25) is 0 Å². The van der Waals surface area contributed by atoms with Gasteiger partial charge in [0.15, 0.2) is 6.17 Å². The zero-order valence-corrected chi connectivity index (χ0v) is 18.5. The van der Waals surface area contributed by atoms with E-state index in [2.05, 4.69) is 9.98 Å². The highest BCUT2D eigenvalue weighted by Gasteiger charge is 2.32. The number of anilines is 1. The molecule has 3 aromatic rings. The summed E-state index contributed by atoms with van der Waals surface area (Å²) in [6, 6.07) is 16.9. The molecule has 2 N–H and O–H groups in total. The van der Waals surface area contributed by atoms with Crippen molar-refractivity contribution in [1.82, 2.24) is 9.88 Å². The largest absolute Gasteiger partial charge is 0.339 e. The molecule has 1 atom stereocenters. The van der Waals surface area contributed by atoms with Crippen molar-refractivity contribution >= 4 is 23.2 Å². The Kier molecular flexibility index (Phi) is 5.90. The average molecular weight is 458 g/mol. The fourth-order valence-electron chi connectivity index (χ4n) is 4.48. The number of amides is 2. The SMILES string of the molecule is N[C@H]1N=C(c2ccccc2F)c2ccccc2N(Cc2ncccc2C(=O)N2CCCC2)C1=O. The Morgan fingerprint density at radius 2 is 1.71 bits per heavy atom. The number of aromatic nitrogens is 1. The third-order valence-corrected chi connectivity index (χ3v) is 6.19. The van der Waals surface area contributed by atoms with E-state index in [9.17, 15) is 14.0 Å². The molecular weight excluding hydrogens is 433 g/mol. The van der Waals surface area contributed by atoms with Gasteiger partial charge < -0.3 is 15.5 Å². The number of fused-ring (bicyclic) bond motifs is 1. The number of rotatable bonds is 4. The summed E-state index contributed by atoms with van der Waals surface area (Å²) in [5, 5.41) is 0. The number of likely N-dealkylation sites (tertiary alicyclic amines) is 1. The summed E-state index contributed by atoms with van der Waals surface area (Å²) >= 11 is 0. The molecule has 7 nitrogen and oxygen atoms in total. The number of para-hydroxylation sites is 1. The number of nitrogens with two attached hydrogens (primary N) is 1. The van der Waals surface area contributed by atoms with Crippen LogP contribution in [0, 0.1) is 5.82 Å². The van der Waals surface area contributed by atoms with Crippen molar-refractivity contribution in [2.75, 3.05) is 18.0 Å². The van der Waals surface area contributed by atoms with Gasteiger partial charge in [0.1, 0.15) is 5.82 Å². The number of nitrogens with zero attached hydrogens (tertiary/aromatic N) is 4. The summed E-state index contributed by atoms with van der Waals surface area (Å²) in [5.41, 5.74) is 8.81. The molecule has 2 aliphatic rings. The van der Waals surface area contributed by atoms with Crippen molar-refractivity contribution in [1.29, 1.82) is 0 Å². The van der Waals surface area contributed by atoms with Crippen molar-refractivity contribution < 1.29 is 14.0 Å². The lowest BCUT2D eigenvalue weighted by atomic mass is 9.99. The van der Waals surface area contributed by atoms with Crippen LogP contribution in [0.25, 0.3) is 0 Å². The first-order chi connectivity index (χ1) is 16.5. The van der Waals surface area contributed by atoms with E-state index >= 15 is 0 Å². The van der Waals surface area contributed by atoms with Gasteiger partial charge in [-0.2, -0.15) is 0 Å². The first-order valence-corrected chi connectivity index (χ1v) is 11.3. The van der Waals surface area contributed by atoms with Crippen LogP contribution in [0.5, 0.6) is 0 Å². The van der Waals surface area contributed by atoms with Gasteiger partial charge in [-0.1, -0.05) is 30.3 Å². The molecule has 3 heterocycles. The number of pyridine rings is 1. The molecule has 0 bridgehead atoms. The quantitative estimate of drug-likeness (QED) is 0.652. The van der Waals surface area contributed by atoms with Gasteiger partial charge >= 0.3 is 0 Å². The third kappa shape index (κ3) is 3.97. The molecule has 172 valence electrons. The van der Waals surface area contributed by atoms with E-state index in [4.69, 9.17) is 5.73 Å². The van der Waals surface area contributed by atoms with Crippen molar-refractivity contribution in [3.05, 3.63) is 95.1 Å². The van der Waals surface area contributed by atoms with Crippen LogP contribution in [0.2, 0.25) is 0 Å². The number of carbonyl (C=O) groups excluding carboxylic acids is 2. The molecular formula is C26H24FN5O2. The Labute approximate surface area is 196 Å². The minimum absolute atomic E-state index is 0.0410. The zero-order chi connectivity index (χ0) is 23.7. The second-order valence-electron chi connectivity index (χ2n) is 8.34. The monoisotopic (exact) mass is 457 g/mol. The van der Waals surface area contributed by atoms with E-state index in [-0.39, 0.29) is 18.0 Å². The van der Waals surface area contributed by atoms with Crippen molar-refractivity contribution in [3.63, 3.8) is 0 Å². The third-order valence-electron chi connectivity index (χ3n) is 6.19. The highest BCUT2D eigenvalue weighted by Crippen LogP contribution is 2.30. The van der Waals surface area contributed by atoms with Crippen LogP contribution in [0.4, 0.5) is 10.1 Å². The normalized spacial score (nSPS) is 17.9. The van der Waals surface area contributed by atoms with Crippen LogP contribution in [0.15, 0.2) is 71.9 Å². The van der Waals surface area contributed by atoms with Crippen LogP contribution in [0.1, 0.15) is 40.0 Å². The topological polar surface area (TPSA) is 91.9 Å². The summed E-state index contributed by atoms with van der Waals surface area (Å²) < 4.78 is 14.7. The molecule has 34 heavy (non-hydrogen) atoms. The van der Waals surface area contributed by atoms with Gasteiger partial charge in [-0.05, 0) is 43.2 Å². The predicted molar refractivity (Wildman–Crippen MR) is 127 cm³/mol. The van der Waals surface area contributed by atoms with Gasteiger partial charge in [0.05, 0.1) is 29.2 Å². The van der Waals surface area contributed by atoms with E-state index in [0.717, 1.165) is 12.8 Å². The van der Waals surface area contributed by atoms with Crippen LogP contribution in [-0.2, 0) is 11.3 Å². The Balaban J connectivity index is 1.57. The molecule has 2 amide bonds. The van der Waals surface area contributed by atoms with Crippen molar-refractivity contribution in [2.24, 2.45) is 10.7 Å². The fraction of sp³-hybridized carbons (Fsp3) is 0.231. The number of benzene rings is 2. The van der Waals surface area contributed by atoms with Crippen LogP contribution < -0.4 is 10.6 Å². The first kappa shape index (κ1) is 21.9. The molecule has 0 radical (unpaired) electrons. The van der Waals surface area contributed by atoms with E-state index in [1.807, 2.05) is 4.90 Å². The Hall–Kier alpha value is -3.91. The van der Waals surface area contributed by atoms with Crippen molar-refractivity contribution in [2.45, 2.75) is 25.6 Å². The molecule has 1 saturated heterocycles. The molecule has 2 aromatic carbocycles. The molecule has 0 saturated carbocycles. The van der Waals surface area contributed by atoms with Crippen LogP contribution in [0.3, 0.4) is 0 Å². The maximum Gasteiger partial charge on any atom is 0.266 e. The smallest absolute Gasteiger partial charge is 0.266 e. The molecule has 1 aromatic heterocycles. The predicted octanol–water partition coefficient (Wildman–Crippen LogP) is 3.13. The van der Waals surface area contributed by atoms with E-state index in [0.29, 0.717) is 41.3 Å². The molecule has 5 rings (SSSR count). The molecule has 2 aliphatic heterocycles. The standard InChI is InChI=1S/C26H24FN5O2/c27-20-11-3-1-8-17(20)23-19-9-2-4-12-22(19)32(26(34)24(28)30-23)16-21-18(10-7-13-29-21)25(33)31-14-5-6-15-31/h1-4,7-13,24H,5-6,14-16,28H2/t24-/m0/s1. The zero-order valence-electron chi connectivity index (χ0n) is 18.5. The second-order valence-corrected chi connectivity index (χ2v) is 8.34. The highest BCUT2D eigenvalue weighted by molar-refractivity contribution is 6.20. The number of carbonyl (C=O) groups is 2. The number of aliphatic imine (C=N–C) groups is 1. The van der Waals surface area contributed by atoms with Crippen LogP contribution in [-0.4, -0.2) is 46.7 Å². The summed E-state index contributed by atoms with van der Waals surface area (Å²) in [5.74, 6) is -1.000. The maximum absolute atomic E-state index is 14.7. The Morgan fingerprint density at radius 3 is 2.47 bits per heavy atom. The van der Waals surface area contributed by atoms with Gasteiger partial charge in [0, 0.05) is 30.4 Å². The molecule has 0 unspecified atom stereocenters. The summed E-state index contributed by atoms with van der Waals surface area (Å²) in [7, 11) is 0. The number of benzodiazepines with no additional fused rings is 1. The lowest BCUT2D eigenvalue weighted by Crippen LogP contribution is -2.42. The minimum Gasteiger partial charge on any atom is -0.339 e. The van der Waals surface area contributed by atoms with Crippen LogP contribution >= 0.6 is 0 Å². The number of hydrogen-bond donors (Lipinski definition) is 1. The summed E-state index contributed by atoms with van der Waals surface area (Å²) in [6.07, 6.45) is 2.32. The van der Waals surface area contributed by atoms with Gasteiger partial charge in [-0.15, -0.1) is 0 Å². The van der Waals surface area contributed by atoms with E-state index < -0.39 is 17.9 Å². The number of hydrogen-bond acceptors (Lipinski definition) is 5. The molecule has 0 spiro atoms. The maximum atomic E-state index is 14.7. The highest BCUT2D eigenvalue weighted by atomic mass is 19.1. The van der Waals surface area contributed by atoms with Gasteiger partial charge in [0.25, 0.3) is 11.8 Å². The lowest BCUT2D eigenvalue weighted by molar-refractivity contribution is -0.119. The van der Waals surface area contributed by atoms with Gasteiger partial charge in [-0.3, -0.25) is 19.6 Å². The Morgan fingerprint density at radius 1 is 1.00 bits per heavy atom. The molecule has 0 aliphatic carbocycles. The second kappa shape index (κ2) is 9.15.